The van der Waals surface area contributed by atoms with Crippen LogP contribution in [-0.2, 0) is 11.2 Å². The number of hydrogen-bond acceptors (Lipinski definition) is 3. The molecule has 0 saturated heterocycles. The van der Waals surface area contributed by atoms with Crippen molar-refractivity contribution in [2.75, 3.05) is 11.9 Å². The lowest BCUT2D eigenvalue weighted by atomic mass is 10.1. The topological polar surface area (TPSA) is 67.2 Å². The fraction of sp³-hybridized carbons (Fsp3) is 0.0833. The molecule has 0 unspecified atom stereocenters. The van der Waals surface area contributed by atoms with Crippen LogP contribution in [-0.4, -0.2) is 27.2 Å². The van der Waals surface area contributed by atoms with Crippen LogP contribution in [0.3, 0.4) is 0 Å². The summed E-state index contributed by atoms with van der Waals surface area (Å²) in [5.74, 6) is -0.0997. The highest BCUT2D eigenvalue weighted by Gasteiger charge is 2.15. The third-order valence-corrected chi connectivity index (χ3v) is 5.91. The Morgan fingerprint density at radius 3 is 2.56 bits per heavy atom. The second-order valence-electron chi connectivity index (χ2n) is 7.14. The molecule has 4 rings (SSSR count). The van der Waals surface area contributed by atoms with Crippen molar-refractivity contribution in [2.24, 2.45) is 0 Å². The molecule has 1 aromatic heterocycles. The van der Waals surface area contributed by atoms with E-state index in [1.807, 2.05) is 65.4 Å². The first-order valence-electron chi connectivity index (χ1n) is 9.73. The summed E-state index contributed by atoms with van der Waals surface area (Å²) in [6.07, 6.45) is 2.53. The maximum Gasteiger partial charge on any atom is 0.322 e. The molecule has 5 nitrogen and oxygen atoms in total. The summed E-state index contributed by atoms with van der Waals surface area (Å²) in [6, 6.07) is 21.0. The number of carboxylic acid groups (broad SMARTS) is 1. The third-order valence-electron chi connectivity index (χ3n) is 4.83. The van der Waals surface area contributed by atoms with Crippen LogP contribution in [0.2, 0.25) is 10.0 Å². The van der Waals surface area contributed by atoms with Gasteiger partial charge in [0.1, 0.15) is 12.4 Å². The van der Waals surface area contributed by atoms with Crippen molar-refractivity contribution in [1.29, 1.82) is 0 Å². The number of aromatic nitrogens is 2. The zero-order valence-electron chi connectivity index (χ0n) is 16.7. The molecule has 0 radical (unpaired) electrons. The minimum Gasteiger partial charge on any atom is -0.480 e. The highest BCUT2D eigenvalue weighted by Crippen LogP contribution is 2.31. The Labute approximate surface area is 203 Å². The first-order chi connectivity index (χ1) is 15.4. The molecule has 0 aliphatic rings. The number of halogens is 3. The van der Waals surface area contributed by atoms with Gasteiger partial charge in [-0.2, -0.15) is 0 Å². The molecule has 162 valence electrons. The number of aliphatic carboxylic acids is 1. The van der Waals surface area contributed by atoms with Gasteiger partial charge >= 0.3 is 5.97 Å². The van der Waals surface area contributed by atoms with Crippen LogP contribution >= 0.6 is 39.1 Å². The van der Waals surface area contributed by atoms with Crippen LogP contribution < -0.4 is 5.32 Å². The summed E-state index contributed by atoms with van der Waals surface area (Å²) < 4.78 is 3.00. The maximum atomic E-state index is 10.9. The summed E-state index contributed by atoms with van der Waals surface area (Å²) >= 11 is 16.0. The Bertz CT molecular complexity index is 1270. The van der Waals surface area contributed by atoms with E-state index in [4.69, 9.17) is 33.3 Å². The Hall–Kier alpha value is -2.80. The number of rotatable bonds is 7. The molecule has 0 fully saturated rings. The van der Waals surface area contributed by atoms with Crippen molar-refractivity contribution in [2.45, 2.75) is 6.42 Å². The maximum absolute atomic E-state index is 10.9. The predicted molar refractivity (Wildman–Crippen MR) is 132 cm³/mol. The van der Waals surface area contributed by atoms with Crippen molar-refractivity contribution < 1.29 is 9.90 Å². The van der Waals surface area contributed by atoms with Gasteiger partial charge in [0.2, 0.25) is 0 Å². The summed E-state index contributed by atoms with van der Waals surface area (Å²) in [7, 11) is 0. The highest BCUT2D eigenvalue weighted by atomic mass is 79.9. The van der Waals surface area contributed by atoms with Crippen molar-refractivity contribution in [3.05, 3.63) is 98.8 Å². The smallest absolute Gasteiger partial charge is 0.322 e. The van der Waals surface area contributed by atoms with Crippen LogP contribution in [0.1, 0.15) is 11.4 Å². The van der Waals surface area contributed by atoms with Gasteiger partial charge < -0.3 is 15.0 Å². The van der Waals surface area contributed by atoms with Gasteiger partial charge in [-0.25, -0.2) is 4.98 Å². The van der Waals surface area contributed by atoms with E-state index in [1.54, 1.807) is 12.1 Å². The zero-order valence-corrected chi connectivity index (χ0v) is 19.8. The van der Waals surface area contributed by atoms with Crippen molar-refractivity contribution in [3.8, 4) is 16.9 Å². The van der Waals surface area contributed by atoms with E-state index in [2.05, 4.69) is 21.2 Å². The zero-order chi connectivity index (χ0) is 22.7. The van der Waals surface area contributed by atoms with E-state index in [0.717, 1.165) is 32.8 Å². The molecule has 32 heavy (non-hydrogen) atoms. The molecule has 0 bridgehead atoms. The Morgan fingerprint density at radius 1 is 1.06 bits per heavy atom. The molecule has 2 N–H and O–H groups in total. The van der Waals surface area contributed by atoms with Crippen molar-refractivity contribution >= 4 is 50.8 Å². The van der Waals surface area contributed by atoms with E-state index < -0.39 is 5.97 Å². The lowest BCUT2D eigenvalue weighted by Crippen LogP contribution is -2.12. The number of nitrogens with zero attached hydrogens (tertiary/aromatic N) is 2. The van der Waals surface area contributed by atoms with Gasteiger partial charge in [-0.05, 0) is 54.1 Å². The Kier molecular flexibility index (Phi) is 6.84. The summed E-state index contributed by atoms with van der Waals surface area (Å²) in [5.41, 5.74) is 4.18. The predicted octanol–water partition coefficient (Wildman–Crippen LogP) is 6.70. The third kappa shape index (κ3) is 5.33. The standard InChI is InChI=1S/C24H18BrCl2N3O2/c25-16-6-4-15(5-7-16)10-23-29-22(20-9-8-17(26)11-21(20)27)14-30(23)19-3-1-2-18(12-19)28-13-24(31)32/h1-9,11-12,14,28H,10,13H2,(H,31,32). The minimum absolute atomic E-state index is 0.162. The van der Waals surface area contributed by atoms with Gasteiger partial charge in [0.25, 0.3) is 0 Å². The summed E-state index contributed by atoms with van der Waals surface area (Å²) in [5, 5.41) is 13.0. The summed E-state index contributed by atoms with van der Waals surface area (Å²) in [6.45, 7) is -0.162. The second kappa shape index (κ2) is 9.77. The van der Waals surface area contributed by atoms with E-state index in [9.17, 15) is 4.79 Å². The van der Waals surface area contributed by atoms with Crippen LogP contribution in [0.4, 0.5) is 5.69 Å². The van der Waals surface area contributed by atoms with Gasteiger partial charge in [-0.15, -0.1) is 0 Å². The monoisotopic (exact) mass is 529 g/mol. The number of hydrogen-bond donors (Lipinski definition) is 2. The number of nitrogens with one attached hydrogen (secondary N) is 1. The Balaban J connectivity index is 1.77. The normalized spacial score (nSPS) is 10.8. The fourth-order valence-electron chi connectivity index (χ4n) is 3.32. The molecule has 0 saturated carbocycles. The van der Waals surface area contributed by atoms with Crippen LogP contribution in [0.15, 0.2) is 77.4 Å². The molecule has 0 aliphatic carbocycles. The number of carbonyl (C=O) groups is 1. The van der Waals surface area contributed by atoms with Gasteiger partial charge in [-0.1, -0.05) is 57.3 Å². The number of benzene rings is 3. The van der Waals surface area contributed by atoms with E-state index in [-0.39, 0.29) is 6.54 Å². The highest BCUT2D eigenvalue weighted by molar-refractivity contribution is 9.10. The quantitative estimate of drug-likeness (QED) is 0.279. The van der Waals surface area contributed by atoms with Crippen LogP contribution in [0, 0.1) is 0 Å². The largest absolute Gasteiger partial charge is 0.480 e. The van der Waals surface area contributed by atoms with Gasteiger partial charge in [0, 0.05) is 39.1 Å². The molecule has 3 aromatic carbocycles. The molecular weight excluding hydrogens is 513 g/mol. The van der Waals surface area contributed by atoms with Crippen LogP contribution in [0.5, 0.6) is 0 Å². The first kappa shape index (κ1) is 22.4. The molecule has 8 heteroatoms. The molecular formula is C24H18BrCl2N3O2. The van der Waals surface area contributed by atoms with E-state index in [1.165, 1.54) is 0 Å². The van der Waals surface area contributed by atoms with Gasteiger partial charge in [-0.3, -0.25) is 4.79 Å². The summed E-state index contributed by atoms with van der Waals surface area (Å²) in [4.78, 5) is 15.8. The minimum atomic E-state index is -0.923. The molecule has 0 atom stereocenters. The van der Waals surface area contributed by atoms with Crippen LogP contribution in [0.25, 0.3) is 16.9 Å². The molecule has 0 aliphatic heterocycles. The second-order valence-corrected chi connectivity index (χ2v) is 8.90. The first-order valence-corrected chi connectivity index (χ1v) is 11.3. The number of anilines is 1. The van der Waals surface area contributed by atoms with Gasteiger partial charge in [0.15, 0.2) is 0 Å². The van der Waals surface area contributed by atoms with E-state index in [0.29, 0.717) is 22.2 Å². The lowest BCUT2D eigenvalue weighted by Gasteiger charge is -2.10. The molecule has 4 aromatic rings. The lowest BCUT2D eigenvalue weighted by molar-refractivity contribution is -0.134. The Morgan fingerprint density at radius 2 is 1.84 bits per heavy atom. The molecule has 1 heterocycles. The number of carboxylic acids is 1. The van der Waals surface area contributed by atoms with E-state index >= 15 is 0 Å². The van der Waals surface area contributed by atoms with Crippen molar-refractivity contribution in [1.82, 2.24) is 9.55 Å². The fourth-order valence-corrected chi connectivity index (χ4v) is 4.09. The molecule has 0 amide bonds. The average molecular weight is 531 g/mol. The average Bonchev–Trinajstić information content (AvgIpc) is 3.17. The molecule has 0 spiro atoms. The SMILES string of the molecule is O=C(O)CNc1cccc(-n2cc(-c3ccc(Cl)cc3Cl)nc2Cc2ccc(Br)cc2)c1. The van der Waals surface area contributed by atoms with Crippen molar-refractivity contribution in [3.63, 3.8) is 0 Å². The number of imidazole rings is 1. The van der Waals surface area contributed by atoms with Gasteiger partial charge in [0.05, 0.1) is 10.7 Å².